The van der Waals surface area contributed by atoms with E-state index >= 15 is 0 Å². The van der Waals surface area contributed by atoms with Gasteiger partial charge in [0.2, 0.25) is 5.91 Å². The first-order chi connectivity index (χ1) is 9.54. The van der Waals surface area contributed by atoms with Crippen molar-refractivity contribution in [2.75, 3.05) is 25.5 Å². The van der Waals surface area contributed by atoms with Gasteiger partial charge in [-0.1, -0.05) is 12.1 Å². The molecule has 4 nitrogen and oxygen atoms in total. The van der Waals surface area contributed by atoms with Crippen LogP contribution in [0.25, 0.3) is 0 Å². The van der Waals surface area contributed by atoms with Crippen molar-refractivity contribution >= 4 is 11.6 Å². The van der Waals surface area contributed by atoms with Crippen LogP contribution in [0.2, 0.25) is 0 Å². The lowest BCUT2D eigenvalue weighted by molar-refractivity contribution is -0.114. The van der Waals surface area contributed by atoms with E-state index in [0.717, 1.165) is 18.8 Å². The summed E-state index contributed by atoms with van der Waals surface area (Å²) in [6, 6.07) is 8.97. The van der Waals surface area contributed by atoms with Crippen LogP contribution < -0.4 is 10.6 Å². The van der Waals surface area contributed by atoms with E-state index in [4.69, 9.17) is 0 Å². The van der Waals surface area contributed by atoms with E-state index in [1.807, 2.05) is 18.2 Å². The third kappa shape index (κ3) is 4.32. The molecule has 0 aliphatic carbocycles. The van der Waals surface area contributed by atoms with Crippen molar-refractivity contribution in [1.29, 1.82) is 0 Å². The minimum absolute atomic E-state index is 0.0296. The molecule has 2 N–H and O–H groups in total. The number of likely N-dealkylation sites (tertiary alicyclic amines) is 1. The molecule has 1 aliphatic heterocycles. The first-order valence-electron chi connectivity index (χ1n) is 7.37. The predicted octanol–water partition coefficient (Wildman–Crippen LogP) is 2.39. The Hall–Kier alpha value is -1.39. The number of hydrogen-bond donors (Lipinski definition) is 2. The summed E-state index contributed by atoms with van der Waals surface area (Å²) in [6.07, 6.45) is 2.40. The number of rotatable bonds is 4. The van der Waals surface area contributed by atoms with Crippen molar-refractivity contribution in [2.24, 2.45) is 0 Å². The highest BCUT2D eigenvalue weighted by molar-refractivity contribution is 5.88. The Labute approximate surface area is 121 Å². The molecule has 0 radical (unpaired) electrons. The fourth-order valence-electron chi connectivity index (χ4n) is 2.71. The number of hydrogen-bond acceptors (Lipinski definition) is 3. The first kappa shape index (κ1) is 15.0. The maximum Gasteiger partial charge on any atom is 0.221 e. The molecule has 1 aromatic rings. The third-order valence-electron chi connectivity index (χ3n) is 3.91. The van der Waals surface area contributed by atoms with E-state index in [9.17, 15) is 4.79 Å². The Morgan fingerprint density at radius 1 is 1.35 bits per heavy atom. The number of benzene rings is 1. The van der Waals surface area contributed by atoms with E-state index in [1.165, 1.54) is 25.3 Å². The second-order valence-corrected chi connectivity index (χ2v) is 5.77. The largest absolute Gasteiger partial charge is 0.326 e. The summed E-state index contributed by atoms with van der Waals surface area (Å²) >= 11 is 0. The molecule has 1 atom stereocenters. The number of amides is 1. The Bertz CT molecular complexity index is 453. The van der Waals surface area contributed by atoms with Gasteiger partial charge in [-0.15, -0.1) is 0 Å². The standard InChI is InChI=1S/C16H25N3O/c1-12(17-15-7-9-19(3)10-8-15)14-5-4-6-16(11-14)18-13(2)20/h4-6,11-12,15,17H,7-10H2,1-3H3,(H,18,20). The Morgan fingerprint density at radius 3 is 2.70 bits per heavy atom. The summed E-state index contributed by atoms with van der Waals surface area (Å²) in [5, 5.41) is 6.53. The number of anilines is 1. The van der Waals surface area contributed by atoms with Crippen LogP contribution in [0.3, 0.4) is 0 Å². The van der Waals surface area contributed by atoms with Gasteiger partial charge >= 0.3 is 0 Å². The number of piperidine rings is 1. The van der Waals surface area contributed by atoms with Crippen molar-refractivity contribution in [3.63, 3.8) is 0 Å². The highest BCUT2D eigenvalue weighted by Gasteiger charge is 2.18. The Balaban J connectivity index is 1.94. The fourth-order valence-corrected chi connectivity index (χ4v) is 2.71. The van der Waals surface area contributed by atoms with Crippen LogP contribution in [-0.2, 0) is 4.79 Å². The van der Waals surface area contributed by atoms with Gasteiger partial charge in [0.1, 0.15) is 0 Å². The molecular weight excluding hydrogens is 250 g/mol. The van der Waals surface area contributed by atoms with Crippen molar-refractivity contribution < 1.29 is 4.79 Å². The molecule has 20 heavy (non-hydrogen) atoms. The summed E-state index contributed by atoms with van der Waals surface area (Å²) in [5.41, 5.74) is 2.09. The topological polar surface area (TPSA) is 44.4 Å². The monoisotopic (exact) mass is 275 g/mol. The van der Waals surface area contributed by atoms with Crippen LogP contribution in [0.1, 0.15) is 38.3 Å². The zero-order chi connectivity index (χ0) is 14.5. The molecule has 1 aliphatic rings. The lowest BCUT2D eigenvalue weighted by Crippen LogP contribution is -2.41. The van der Waals surface area contributed by atoms with E-state index in [0.29, 0.717) is 12.1 Å². The van der Waals surface area contributed by atoms with Gasteiger partial charge in [0, 0.05) is 24.7 Å². The quantitative estimate of drug-likeness (QED) is 0.887. The number of nitrogens with one attached hydrogen (secondary N) is 2. The SMILES string of the molecule is CC(=O)Nc1cccc(C(C)NC2CCN(C)CC2)c1. The first-order valence-corrected chi connectivity index (χ1v) is 7.37. The van der Waals surface area contributed by atoms with E-state index in [2.05, 4.69) is 35.6 Å². The average molecular weight is 275 g/mol. The van der Waals surface area contributed by atoms with E-state index < -0.39 is 0 Å². The lowest BCUT2D eigenvalue weighted by Gasteiger charge is -2.31. The smallest absolute Gasteiger partial charge is 0.221 e. The molecule has 1 saturated heterocycles. The van der Waals surface area contributed by atoms with Gasteiger partial charge in [-0.25, -0.2) is 0 Å². The molecule has 2 rings (SSSR count). The van der Waals surface area contributed by atoms with Gasteiger partial charge in [0.05, 0.1) is 0 Å². The highest BCUT2D eigenvalue weighted by Crippen LogP contribution is 2.20. The second-order valence-electron chi connectivity index (χ2n) is 5.77. The second kappa shape index (κ2) is 6.86. The van der Waals surface area contributed by atoms with Crippen LogP contribution in [0.4, 0.5) is 5.69 Å². The van der Waals surface area contributed by atoms with E-state index in [-0.39, 0.29) is 5.91 Å². The molecule has 4 heteroatoms. The Morgan fingerprint density at radius 2 is 2.05 bits per heavy atom. The molecular formula is C16H25N3O. The summed E-state index contributed by atoms with van der Waals surface area (Å²) in [6.45, 7) is 6.05. The van der Waals surface area contributed by atoms with Crippen LogP contribution in [0, 0.1) is 0 Å². The van der Waals surface area contributed by atoms with Crippen molar-refractivity contribution in [2.45, 2.75) is 38.8 Å². The summed E-state index contributed by atoms with van der Waals surface area (Å²) in [7, 11) is 2.18. The lowest BCUT2D eigenvalue weighted by atomic mass is 10.0. The summed E-state index contributed by atoms with van der Waals surface area (Å²) < 4.78 is 0. The van der Waals surface area contributed by atoms with Crippen LogP contribution in [0.15, 0.2) is 24.3 Å². The minimum atomic E-state index is -0.0296. The van der Waals surface area contributed by atoms with Crippen LogP contribution in [-0.4, -0.2) is 37.0 Å². The normalized spacial score (nSPS) is 18.8. The molecule has 1 fully saturated rings. The number of nitrogens with zero attached hydrogens (tertiary/aromatic N) is 1. The molecule has 110 valence electrons. The molecule has 0 saturated carbocycles. The Kier molecular flexibility index (Phi) is 5.15. The minimum Gasteiger partial charge on any atom is -0.326 e. The van der Waals surface area contributed by atoms with Crippen LogP contribution >= 0.6 is 0 Å². The van der Waals surface area contributed by atoms with Gasteiger partial charge in [0.15, 0.2) is 0 Å². The zero-order valence-electron chi connectivity index (χ0n) is 12.6. The van der Waals surface area contributed by atoms with Gasteiger partial charge in [-0.3, -0.25) is 4.79 Å². The maximum absolute atomic E-state index is 11.1. The maximum atomic E-state index is 11.1. The number of carbonyl (C=O) groups is 1. The molecule has 0 aromatic heterocycles. The van der Waals surface area contributed by atoms with Crippen molar-refractivity contribution in [1.82, 2.24) is 10.2 Å². The van der Waals surface area contributed by atoms with Crippen molar-refractivity contribution in [3.05, 3.63) is 29.8 Å². The molecule has 0 spiro atoms. The molecule has 1 heterocycles. The van der Waals surface area contributed by atoms with Gasteiger partial charge in [0.25, 0.3) is 0 Å². The predicted molar refractivity (Wildman–Crippen MR) is 82.8 cm³/mol. The third-order valence-corrected chi connectivity index (χ3v) is 3.91. The fraction of sp³-hybridized carbons (Fsp3) is 0.562. The molecule has 1 aromatic carbocycles. The van der Waals surface area contributed by atoms with Gasteiger partial charge in [-0.05, 0) is 57.6 Å². The van der Waals surface area contributed by atoms with E-state index in [1.54, 1.807) is 0 Å². The zero-order valence-corrected chi connectivity index (χ0v) is 12.6. The molecule has 0 bridgehead atoms. The van der Waals surface area contributed by atoms with Crippen molar-refractivity contribution in [3.8, 4) is 0 Å². The summed E-state index contributed by atoms with van der Waals surface area (Å²) in [4.78, 5) is 13.5. The molecule has 1 unspecified atom stereocenters. The average Bonchev–Trinajstić information content (AvgIpc) is 2.41. The number of carbonyl (C=O) groups excluding carboxylic acids is 1. The highest BCUT2D eigenvalue weighted by atomic mass is 16.1. The van der Waals surface area contributed by atoms with Gasteiger partial charge in [-0.2, -0.15) is 0 Å². The van der Waals surface area contributed by atoms with Gasteiger partial charge < -0.3 is 15.5 Å². The van der Waals surface area contributed by atoms with Crippen LogP contribution in [0.5, 0.6) is 0 Å². The summed E-state index contributed by atoms with van der Waals surface area (Å²) in [5.74, 6) is -0.0296. The molecule has 1 amide bonds.